The minimum atomic E-state index is 0.243. The molecule has 2 heterocycles. The van der Waals surface area contributed by atoms with Crippen LogP contribution in [-0.4, -0.2) is 35.0 Å². The van der Waals surface area contributed by atoms with Gasteiger partial charge in [0, 0.05) is 41.5 Å². The molecule has 0 radical (unpaired) electrons. The van der Waals surface area contributed by atoms with Gasteiger partial charge >= 0.3 is 0 Å². The molecule has 1 aliphatic heterocycles. The molecular formula is C23H24BrN5O. The van der Waals surface area contributed by atoms with Crippen LogP contribution in [0.3, 0.4) is 0 Å². The van der Waals surface area contributed by atoms with E-state index in [1.165, 1.54) is 5.56 Å². The fraction of sp³-hybridized carbons (Fsp3) is 0.348. The highest BCUT2D eigenvalue weighted by Gasteiger charge is 2.22. The molecule has 0 aliphatic carbocycles. The van der Waals surface area contributed by atoms with Crippen LogP contribution in [0.25, 0.3) is 15.6 Å². The number of anilines is 2. The number of hydrogen-bond donors (Lipinski definition) is 2. The lowest BCUT2D eigenvalue weighted by molar-refractivity contribution is 0.203. The van der Waals surface area contributed by atoms with Crippen LogP contribution in [0, 0.1) is 19.4 Å². The molecule has 0 saturated carbocycles. The van der Waals surface area contributed by atoms with E-state index in [1.807, 2.05) is 18.2 Å². The minimum Gasteiger partial charge on any atom is -0.396 e. The van der Waals surface area contributed by atoms with Gasteiger partial charge in [0.15, 0.2) is 17.3 Å². The highest BCUT2D eigenvalue weighted by molar-refractivity contribution is 9.10. The van der Waals surface area contributed by atoms with Gasteiger partial charge in [-0.05, 0) is 48.9 Å². The summed E-state index contributed by atoms with van der Waals surface area (Å²) in [5.74, 6) is 1.90. The molecule has 7 heteroatoms. The number of benzene rings is 2. The van der Waals surface area contributed by atoms with Gasteiger partial charge in [0.1, 0.15) is 0 Å². The van der Waals surface area contributed by atoms with Crippen LogP contribution in [-0.2, 0) is 6.54 Å². The molecule has 3 aromatic rings. The number of aromatic nitrogens is 2. The molecule has 2 N–H and O–H groups in total. The van der Waals surface area contributed by atoms with Crippen LogP contribution in [0.2, 0.25) is 0 Å². The van der Waals surface area contributed by atoms with Gasteiger partial charge < -0.3 is 15.3 Å². The quantitative estimate of drug-likeness (QED) is 0.514. The van der Waals surface area contributed by atoms with Crippen molar-refractivity contribution in [3.63, 3.8) is 0 Å². The molecule has 0 unspecified atom stereocenters. The van der Waals surface area contributed by atoms with Crippen molar-refractivity contribution < 1.29 is 5.11 Å². The van der Waals surface area contributed by atoms with Crippen molar-refractivity contribution in [3.05, 3.63) is 63.4 Å². The smallest absolute Gasteiger partial charge is 0.188 e. The first-order valence-electron chi connectivity index (χ1n) is 10.1. The fourth-order valence-corrected chi connectivity index (χ4v) is 4.25. The monoisotopic (exact) mass is 465 g/mol. The second-order valence-electron chi connectivity index (χ2n) is 7.76. The molecule has 0 atom stereocenters. The van der Waals surface area contributed by atoms with Gasteiger partial charge in [-0.15, -0.1) is 10.2 Å². The van der Waals surface area contributed by atoms with Crippen LogP contribution in [0.15, 0.2) is 40.9 Å². The van der Waals surface area contributed by atoms with E-state index in [0.29, 0.717) is 24.0 Å². The average Bonchev–Trinajstić information content (AvgIpc) is 2.79. The number of aryl methyl sites for hydroxylation is 1. The van der Waals surface area contributed by atoms with Gasteiger partial charge in [0.25, 0.3) is 0 Å². The van der Waals surface area contributed by atoms with Crippen LogP contribution < -0.4 is 10.2 Å². The third kappa shape index (κ3) is 4.25. The number of piperidine rings is 1. The number of hydrogen-bond acceptors (Lipinski definition) is 5. The van der Waals surface area contributed by atoms with E-state index < -0.39 is 0 Å². The number of halogens is 1. The summed E-state index contributed by atoms with van der Waals surface area (Å²) in [4.78, 5) is 5.83. The Bertz CT molecular complexity index is 1100. The van der Waals surface area contributed by atoms with E-state index >= 15 is 0 Å². The summed E-state index contributed by atoms with van der Waals surface area (Å²) in [5, 5.41) is 23.7. The van der Waals surface area contributed by atoms with E-state index in [-0.39, 0.29) is 6.61 Å². The molecule has 0 bridgehead atoms. The first-order chi connectivity index (χ1) is 14.6. The lowest BCUT2D eigenvalue weighted by atomic mass is 9.97. The van der Waals surface area contributed by atoms with Crippen molar-refractivity contribution in [2.45, 2.75) is 26.3 Å². The predicted octanol–water partition coefficient (Wildman–Crippen LogP) is 5.07. The Morgan fingerprint density at radius 3 is 2.67 bits per heavy atom. The molecule has 1 fully saturated rings. The standard InChI is InChI=1S/C23H24BrN5O/c1-15-3-4-17(11-21(15)24)13-26-22-20-12-18(25-2)5-6-19(20)23(28-27-22)29-9-7-16(14-30)8-10-29/h3-6,11-12,16,30H,7-10,13-14H2,1H3,(H,26,27). The molecular weight excluding hydrogens is 442 g/mol. The third-order valence-electron chi connectivity index (χ3n) is 5.74. The Morgan fingerprint density at radius 2 is 1.97 bits per heavy atom. The van der Waals surface area contributed by atoms with Crippen molar-refractivity contribution in [2.75, 3.05) is 29.9 Å². The van der Waals surface area contributed by atoms with Gasteiger partial charge in [-0.2, -0.15) is 0 Å². The van der Waals surface area contributed by atoms with E-state index in [2.05, 4.69) is 66.3 Å². The molecule has 4 rings (SSSR count). The van der Waals surface area contributed by atoms with Crippen molar-refractivity contribution >= 4 is 44.0 Å². The number of aliphatic hydroxyl groups excluding tert-OH is 1. The van der Waals surface area contributed by atoms with Gasteiger partial charge in [0.05, 0.1) is 6.57 Å². The number of nitrogens with zero attached hydrogens (tertiary/aromatic N) is 4. The highest BCUT2D eigenvalue weighted by Crippen LogP contribution is 2.33. The molecule has 0 spiro atoms. The first kappa shape index (κ1) is 20.6. The zero-order valence-corrected chi connectivity index (χ0v) is 18.5. The van der Waals surface area contributed by atoms with Crippen LogP contribution in [0.5, 0.6) is 0 Å². The minimum absolute atomic E-state index is 0.243. The van der Waals surface area contributed by atoms with E-state index in [4.69, 9.17) is 6.57 Å². The lowest BCUT2D eigenvalue weighted by Gasteiger charge is -2.32. The lowest BCUT2D eigenvalue weighted by Crippen LogP contribution is -2.35. The van der Waals surface area contributed by atoms with Crippen molar-refractivity contribution in [2.24, 2.45) is 5.92 Å². The SMILES string of the molecule is [C-]#[N+]c1ccc2c(N3CCC(CO)CC3)nnc(NCc3ccc(C)c(Br)c3)c2c1. The largest absolute Gasteiger partial charge is 0.396 e. The summed E-state index contributed by atoms with van der Waals surface area (Å²) in [6, 6.07) is 12.0. The Hall–Kier alpha value is -2.69. The van der Waals surface area contributed by atoms with Crippen molar-refractivity contribution in [1.29, 1.82) is 0 Å². The summed E-state index contributed by atoms with van der Waals surface area (Å²) in [7, 11) is 0. The number of fused-ring (bicyclic) bond motifs is 1. The van der Waals surface area contributed by atoms with E-state index in [1.54, 1.807) is 0 Å². The second kappa shape index (κ2) is 8.99. The summed E-state index contributed by atoms with van der Waals surface area (Å²) in [6.45, 7) is 12.0. The van der Waals surface area contributed by atoms with Crippen molar-refractivity contribution in [1.82, 2.24) is 10.2 Å². The number of nitrogens with one attached hydrogen (secondary N) is 1. The summed E-state index contributed by atoms with van der Waals surface area (Å²) < 4.78 is 1.08. The van der Waals surface area contributed by atoms with E-state index in [9.17, 15) is 5.11 Å². The van der Waals surface area contributed by atoms with Gasteiger partial charge in [-0.25, -0.2) is 4.85 Å². The third-order valence-corrected chi connectivity index (χ3v) is 6.60. The van der Waals surface area contributed by atoms with Crippen LogP contribution in [0.4, 0.5) is 17.3 Å². The molecule has 1 aliphatic rings. The van der Waals surface area contributed by atoms with Gasteiger partial charge in [-0.1, -0.05) is 40.2 Å². The molecule has 0 amide bonds. The topological polar surface area (TPSA) is 65.6 Å². The Labute approximate surface area is 184 Å². The molecule has 1 saturated heterocycles. The van der Waals surface area contributed by atoms with Crippen molar-refractivity contribution in [3.8, 4) is 0 Å². The molecule has 1 aromatic heterocycles. The maximum Gasteiger partial charge on any atom is 0.188 e. The summed E-state index contributed by atoms with van der Waals surface area (Å²) in [6.07, 6.45) is 1.89. The summed E-state index contributed by atoms with van der Waals surface area (Å²) in [5.41, 5.74) is 2.92. The highest BCUT2D eigenvalue weighted by atomic mass is 79.9. The van der Waals surface area contributed by atoms with E-state index in [0.717, 1.165) is 52.6 Å². The zero-order chi connectivity index (χ0) is 21.1. The zero-order valence-electron chi connectivity index (χ0n) is 16.9. The maximum absolute atomic E-state index is 9.41. The molecule has 30 heavy (non-hydrogen) atoms. The second-order valence-corrected chi connectivity index (χ2v) is 8.62. The van der Waals surface area contributed by atoms with Gasteiger partial charge in [0.2, 0.25) is 0 Å². The van der Waals surface area contributed by atoms with Crippen LogP contribution in [0.1, 0.15) is 24.0 Å². The maximum atomic E-state index is 9.41. The Morgan fingerprint density at radius 1 is 1.17 bits per heavy atom. The predicted molar refractivity (Wildman–Crippen MR) is 124 cm³/mol. The number of rotatable bonds is 5. The summed E-state index contributed by atoms with van der Waals surface area (Å²) >= 11 is 3.58. The fourth-order valence-electron chi connectivity index (χ4n) is 3.82. The van der Waals surface area contributed by atoms with Gasteiger partial charge in [-0.3, -0.25) is 0 Å². The van der Waals surface area contributed by atoms with Crippen LogP contribution >= 0.6 is 15.9 Å². The number of aliphatic hydroxyl groups is 1. The molecule has 6 nitrogen and oxygen atoms in total. The molecule has 2 aromatic carbocycles. The Kier molecular flexibility index (Phi) is 6.16. The first-order valence-corrected chi connectivity index (χ1v) is 10.9. The Balaban J connectivity index is 1.65. The normalized spacial score (nSPS) is 14.7. The molecule has 154 valence electrons. The average molecular weight is 466 g/mol.